The van der Waals surface area contributed by atoms with Crippen molar-refractivity contribution in [1.29, 1.82) is 0 Å². The molecule has 5 heteroatoms. The van der Waals surface area contributed by atoms with Crippen molar-refractivity contribution in [1.82, 2.24) is 10.2 Å². The molecule has 1 atom stereocenters. The van der Waals surface area contributed by atoms with Crippen molar-refractivity contribution in [3.05, 3.63) is 0 Å². The number of methoxy groups -OCH3 is 2. The molecule has 0 saturated carbocycles. The van der Waals surface area contributed by atoms with Gasteiger partial charge >= 0.3 is 5.97 Å². The Bertz CT molecular complexity index is 283. The zero-order valence-corrected chi connectivity index (χ0v) is 14.7. The number of rotatable bonds is 12. The van der Waals surface area contributed by atoms with Crippen molar-refractivity contribution < 1.29 is 14.3 Å². The fourth-order valence-electron chi connectivity index (χ4n) is 2.68. The maximum atomic E-state index is 11.8. The van der Waals surface area contributed by atoms with Gasteiger partial charge in [-0.15, -0.1) is 0 Å². The second kappa shape index (κ2) is 11.0. The van der Waals surface area contributed by atoms with Crippen molar-refractivity contribution in [3.63, 3.8) is 0 Å². The number of carbonyl (C=O) groups excluding carboxylic acids is 1. The summed E-state index contributed by atoms with van der Waals surface area (Å²) in [6.45, 7) is 9.01. The molecule has 0 aromatic heterocycles. The van der Waals surface area contributed by atoms with Gasteiger partial charge in [0.05, 0.1) is 13.7 Å². The van der Waals surface area contributed by atoms with Gasteiger partial charge in [-0.1, -0.05) is 13.8 Å². The lowest BCUT2D eigenvalue weighted by atomic mass is 9.95. The van der Waals surface area contributed by atoms with Crippen LogP contribution in [0.1, 0.15) is 46.5 Å². The normalized spacial score (nSPS) is 14.5. The van der Waals surface area contributed by atoms with Gasteiger partial charge in [-0.3, -0.25) is 9.69 Å². The van der Waals surface area contributed by atoms with Gasteiger partial charge in [0.25, 0.3) is 0 Å². The van der Waals surface area contributed by atoms with Crippen LogP contribution in [0, 0.1) is 0 Å². The number of esters is 1. The summed E-state index contributed by atoms with van der Waals surface area (Å²) in [6.07, 6.45) is 3.99. The van der Waals surface area contributed by atoms with Crippen LogP contribution in [0.2, 0.25) is 0 Å². The summed E-state index contributed by atoms with van der Waals surface area (Å²) in [5, 5.41) is 3.09. The van der Waals surface area contributed by atoms with E-state index in [1.54, 1.807) is 14.2 Å². The molecule has 1 N–H and O–H groups in total. The highest BCUT2D eigenvalue weighted by atomic mass is 16.5. The molecule has 1 unspecified atom stereocenters. The Hall–Kier alpha value is -0.650. The monoisotopic (exact) mass is 302 g/mol. The molecule has 0 bridgehead atoms. The third kappa shape index (κ3) is 6.76. The van der Waals surface area contributed by atoms with E-state index in [-0.39, 0.29) is 5.97 Å². The second-order valence-electron chi connectivity index (χ2n) is 5.68. The Balaban J connectivity index is 4.49. The first kappa shape index (κ1) is 20.3. The molecule has 0 spiro atoms. The number of ether oxygens (including phenoxy) is 2. The van der Waals surface area contributed by atoms with Crippen molar-refractivity contribution in [2.24, 2.45) is 0 Å². The summed E-state index contributed by atoms with van der Waals surface area (Å²) in [5.41, 5.74) is -0.602. The van der Waals surface area contributed by atoms with E-state index in [2.05, 4.69) is 24.1 Å². The van der Waals surface area contributed by atoms with E-state index in [1.165, 1.54) is 7.11 Å². The van der Waals surface area contributed by atoms with Crippen LogP contribution in [0.3, 0.4) is 0 Å². The average molecular weight is 302 g/mol. The molecule has 21 heavy (non-hydrogen) atoms. The number of hydrogen-bond donors (Lipinski definition) is 1. The minimum atomic E-state index is -0.602. The molecule has 5 nitrogen and oxygen atoms in total. The van der Waals surface area contributed by atoms with Gasteiger partial charge in [0.15, 0.2) is 0 Å². The molecular weight excluding hydrogens is 268 g/mol. The lowest BCUT2D eigenvalue weighted by molar-refractivity contribution is -0.148. The zero-order chi connectivity index (χ0) is 16.3. The van der Waals surface area contributed by atoms with Crippen LogP contribution in [-0.2, 0) is 14.3 Å². The zero-order valence-electron chi connectivity index (χ0n) is 14.7. The van der Waals surface area contributed by atoms with E-state index < -0.39 is 5.54 Å². The summed E-state index contributed by atoms with van der Waals surface area (Å²) in [5.74, 6) is -0.198. The number of nitrogens with zero attached hydrogens (tertiary/aromatic N) is 1. The van der Waals surface area contributed by atoms with Gasteiger partial charge < -0.3 is 14.8 Å². The van der Waals surface area contributed by atoms with Gasteiger partial charge in [0.1, 0.15) is 5.54 Å². The number of nitrogens with one attached hydrogen (secondary N) is 1. The van der Waals surface area contributed by atoms with Gasteiger partial charge in [-0.2, -0.15) is 0 Å². The van der Waals surface area contributed by atoms with Crippen molar-refractivity contribution in [2.45, 2.75) is 58.0 Å². The van der Waals surface area contributed by atoms with E-state index in [1.807, 2.05) is 6.92 Å². The minimum Gasteiger partial charge on any atom is -0.468 e. The summed E-state index contributed by atoms with van der Waals surface area (Å²) in [6, 6.07) is 0.583. The van der Waals surface area contributed by atoms with Gasteiger partial charge in [-0.25, -0.2) is 0 Å². The molecule has 0 radical (unpaired) electrons. The summed E-state index contributed by atoms with van der Waals surface area (Å²) < 4.78 is 10.1. The van der Waals surface area contributed by atoms with Crippen molar-refractivity contribution >= 4 is 5.97 Å². The first-order valence-electron chi connectivity index (χ1n) is 7.99. The van der Waals surface area contributed by atoms with E-state index >= 15 is 0 Å². The number of carbonyl (C=O) groups is 1. The average Bonchev–Trinajstić information content (AvgIpc) is 2.51. The number of likely N-dealkylation sites (N-methyl/N-ethyl adjacent to an activating group) is 1. The van der Waals surface area contributed by atoms with Gasteiger partial charge in [0, 0.05) is 19.7 Å². The Morgan fingerprint density at radius 3 is 2.29 bits per heavy atom. The molecule has 0 heterocycles. The Morgan fingerprint density at radius 2 is 1.86 bits per heavy atom. The Morgan fingerprint density at radius 1 is 1.24 bits per heavy atom. The molecule has 0 aliphatic heterocycles. The SMILES string of the molecule is CCC(CC)N(CCCC(C)(NC)C(=O)OC)CCOC. The maximum Gasteiger partial charge on any atom is 0.325 e. The third-order valence-corrected chi connectivity index (χ3v) is 4.35. The number of hydrogen-bond acceptors (Lipinski definition) is 5. The van der Waals surface area contributed by atoms with Crippen LogP contribution in [0.5, 0.6) is 0 Å². The molecule has 0 fully saturated rings. The Kier molecular flexibility index (Phi) is 10.6. The lowest BCUT2D eigenvalue weighted by Gasteiger charge is -2.32. The quantitative estimate of drug-likeness (QED) is 0.559. The third-order valence-electron chi connectivity index (χ3n) is 4.35. The van der Waals surface area contributed by atoms with Crippen LogP contribution >= 0.6 is 0 Å². The maximum absolute atomic E-state index is 11.8. The molecule has 0 aliphatic carbocycles. The van der Waals surface area contributed by atoms with Crippen molar-refractivity contribution in [2.75, 3.05) is 41.0 Å². The molecule has 0 aromatic carbocycles. The predicted molar refractivity (Wildman–Crippen MR) is 86.5 cm³/mol. The molecule has 0 aliphatic rings. The van der Waals surface area contributed by atoms with E-state index in [4.69, 9.17) is 9.47 Å². The topological polar surface area (TPSA) is 50.8 Å². The molecule has 0 aromatic rings. The fraction of sp³-hybridized carbons (Fsp3) is 0.938. The highest BCUT2D eigenvalue weighted by Gasteiger charge is 2.32. The van der Waals surface area contributed by atoms with Crippen molar-refractivity contribution in [3.8, 4) is 0 Å². The van der Waals surface area contributed by atoms with Crippen LogP contribution in [0.4, 0.5) is 0 Å². The van der Waals surface area contributed by atoms with Gasteiger partial charge in [0.2, 0.25) is 0 Å². The minimum absolute atomic E-state index is 0.198. The predicted octanol–water partition coefficient (Wildman–Crippen LogP) is 2.05. The molecule has 0 amide bonds. The van der Waals surface area contributed by atoms with E-state index in [0.717, 1.165) is 45.4 Å². The lowest BCUT2D eigenvalue weighted by Crippen LogP contribution is -2.49. The van der Waals surface area contributed by atoms with Crippen LogP contribution in [0.25, 0.3) is 0 Å². The highest BCUT2D eigenvalue weighted by Crippen LogP contribution is 2.16. The standard InChI is InChI=1S/C16H34N2O3/c1-7-14(8-2)18(12-13-20-5)11-9-10-16(3,17-4)15(19)21-6/h14,17H,7-13H2,1-6H3. The van der Waals surface area contributed by atoms with E-state index in [0.29, 0.717) is 6.04 Å². The molecule has 126 valence electrons. The fourth-order valence-corrected chi connectivity index (χ4v) is 2.68. The first-order valence-corrected chi connectivity index (χ1v) is 7.99. The molecule has 0 rings (SSSR count). The molecule has 0 saturated heterocycles. The molecular formula is C16H34N2O3. The van der Waals surface area contributed by atoms with Crippen LogP contribution in [0.15, 0.2) is 0 Å². The first-order chi connectivity index (χ1) is 9.98. The second-order valence-corrected chi connectivity index (χ2v) is 5.68. The highest BCUT2D eigenvalue weighted by molar-refractivity contribution is 5.80. The summed E-state index contributed by atoms with van der Waals surface area (Å²) in [4.78, 5) is 14.3. The van der Waals surface area contributed by atoms with Crippen LogP contribution in [-0.4, -0.2) is 63.4 Å². The van der Waals surface area contributed by atoms with Crippen LogP contribution < -0.4 is 5.32 Å². The van der Waals surface area contributed by atoms with Gasteiger partial charge in [-0.05, 0) is 46.2 Å². The van der Waals surface area contributed by atoms with E-state index in [9.17, 15) is 4.79 Å². The Labute approximate surface area is 130 Å². The smallest absolute Gasteiger partial charge is 0.325 e. The summed E-state index contributed by atoms with van der Waals surface area (Å²) in [7, 11) is 4.98. The summed E-state index contributed by atoms with van der Waals surface area (Å²) >= 11 is 0. The largest absolute Gasteiger partial charge is 0.468 e.